The first kappa shape index (κ1) is 18.4. The Morgan fingerprint density at radius 1 is 1.19 bits per heavy atom. The van der Waals surface area contributed by atoms with Crippen LogP contribution in [0.1, 0.15) is 54.4 Å². The molecule has 2 N–H and O–H groups in total. The third-order valence-corrected chi connectivity index (χ3v) is 4.06. The molecule has 0 saturated carbocycles. The topological polar surface area (TPSA) is 44.4 Å². The second-order valence-electron chi connectivity index (χ2n) is 7.95. The molecular weight excluding hydrogens is 262 g/mol. The Balaban J connectivity index is 2.30. The first-order valence-electron chi connectivity index (χ1n) is 8.46. The molecule has 1 amide bonds. The molecule has 4 heteroatoms. The highest BCUT2D eigenvalue weighted by Crippen LogP contribution is 2.18. The van der Waals surface area contributed by atoms with Crippen LogP contribution in [-0.2, 0) is 4.79 Å². The number of rotatable bonds is 6. The van der Waals surface area contributed by atoms with Crippen LogP contribution in [0.15, 0.2) is 0 Å². The molecule has 1 fully saturated rings. The molecule has 1 rings (SSSR count). The van der Waals surface area contributed by atoms with E-state index in [1.165, 1.54) is 12.8 Å². The van der Waals surface area contributed by atoms with Crippen LogP contribution in [0.2, 0.25) is 0 Å². The summed E-state index contributed by atoms with van der Waals surface area (Å²) >= 11 is 0. The van der Waals surface area contributed by atoms with Crippen molar-refractivity contribution in [1.82, 2.24) is 15.5 Å². The number of amides is 1. The van der Waals surface area contributed by atoms with Crippen LogP contribution < -0.4 is 10.6 Å². The molecule has 1 aliphatic rings. The van der Waals surface area contributed by atoms with Gasteiger partial charge < -0.3 is 10.6 Å². The van der Waals surface area contributed by atoms with E-state index >= 15 is 0 Å². The minimum atomic E-state index is -0.148. The van der Waals surface area contributed by atoms with Gasteiger partial charge in [0.2, 0.25) is 5.91 Å². The largest absolute Gasteiger partial charge is 0.350 e. The molecule has 124 valence electrons. The molecule has 0 radical (unpaired) electrons. The Kier molecular flexibility index (Phi) is 7.14. The molecule has 4 nitrogen and oxygen atoms in total. The van der Waals surface area contributed by atoms with Gasteiger partial charge in [0.05, 0.1) is 6.04 Å². The normalized spacial score (nSPS) is 19.8. The van der Waals surface area contributed by atoms with Crippen molar-refractivity contribution in [3.05, 3.63) is 0 Å². The summed E-state index contributed by atoms with van der Waals surface area (Å²) in [7, 11) is 0. The third-order valence-electron chi connectivity index (χ3n) is 4.06. The molecule has 0 bridgehead atoms. The third kappa shape index (κ3) is 7.28. The van der Waals surface area contributed by atoms with Crippen molar-refractivity contribution in [3.8, 4) is 0 Å². The van der Waals surface area contributed by atoms with Crippen molar-refractivity contribution >= 4 is 5.91 Å². The SMILES string of the molecule is CC(C)CNCC1CCN(C(C)C(=O)NC(C)(C)C)CC1. The average Bonchev–Trinajstić information content (AvgIpc) is 2.36. The predicted molar refractivity (Wildman–Crippen MR) is 89.4 cm³/mol. The van der Waals surface area contributed by atoms with E-state index in [0.29, 0.717) is 5.92 Å². The van der Waals surface area contributed by atoms with Crippen LogP contribution in [0.3, 0.4) is 0 Å². The van der Waals surface area contributed by atoms with E-state index < -0.39 is 0 Å². The number of hydrogen-bond donors (Lipinski definition) is 2. The van der Waals surface area contributed by atoms with E-state index in [4.69, 9.17) is 0 Å². The summed E-state index contributed by atoms with van der Waals surface area (Å²) in [6, 6.07) is -0.0196. The van der Waals surface area contributed by atoms with Gasteiger partial charge in [-0.1, -0.05) is 13.8 Å². The summed E-state index contributed by atoms with van der Waals surface area (Å²) in [5, 5.41) is 6.64. The lowest BCUT2D eigenvalue weighted by Gasteiger charge is -2.36. The van der Waals surface area contributed by atoms with E-state index in [-0.39, 0.29) is 17.5 Å². The molecule has 1 atom stereocenters. The number of hydrogen-bond acceptors (Lipinski definition) is 3. The number of nitrogens with zero attached hydrogens (tertiary/aromatic N) is 1. The maximum absolute atomic E-state index is 12.2. The number of piperidine rings is 1. The Hall–Kier alpha value is -0.610. The number of nitrogens with one attached hydrogen (secondary N) is 2. The van der Waals surface area contributed by atoms with Gasteiger partial charge >= 0.3 is 0 Å². The number of likely N-dealkylation sites (tertiary alicyclic amines) is 1. The summed E-state index contributed by atoms with van der Waals surface area (Å²) in [6.07, 6.45) is 2.39. The minimum absolute atomic E-state index is 0.0196. The van der Waals surface area contributed by atoms with Crippen LogP contribution in [0.5, 0.6) is 0 Å². The van der Waals surface area contributed by atoms with Gasteiger partial charge in [-0.15, -0.1) is 0 Å². The molecular formula is C17H35N3O. The monoisotopic (exact) mass is 297 g/mol. The van der Waals surface area contributed by atoms with Crippen molar-refractivity contribution in [2.24, 2.45) is 11.8 Å². The van der Waals surface area contributed by atoms with Gasteiger partial charge in [-0.25, -0.2) is 0 Å². The zero-order chi connectivity index (χ0) is 16.0. The fourth-order valence-corrected chi connectivity index (χ4v) is 2.76. The van der Waals surface area contributed by atoms with Gasteiger partial charge in [0, 0.05) is 5.54 Å². The Labute approximate surface area is 131 Å². The summed E-state index contributed by atoms with van der Waals surface area (Å²) < 4.78 is 0. The Morgan fingerprint density at radius 2 is 1.76 bits per heavy atom. The van der Waals surface area contributed by atoms with E-state index in [0.717, 1.165) is 32.1 Å². The van der Waals surface area contributed by atoms with Crippen LogP contribution in [-0.4, -0.2) is 48.6 Å². The van der Waals surface area contributed by atoms with Crippen LogP contribution in [0.4, 0.5) is 0 Å². The summed E-state index contributed by atoms with van der Waals surface area (Å²) in [5.41, 5.74) is -0.148. The van der Waals surface area contributed by atoms with Gasteiger partial charge in [-0.3, -0.25) is 9.69 Å². The van der Waals surface area contributed by atoms with Gasteiger partial charge in [-0.2, -0.15) is 0 Å². The Bertz CT molecular complexity index is 314. The van der Waals surface area contributed by atoms with Crippen molar-refractivity contribution in [3.63, 3.8) is 0 Å². The molecule has 1 saturated heterocycles. The van der Waals surface area contributed by atoms with Crippen molar-refractivity contribution in [2.75, 3.05) is 26.2 Å². The van der Waals surface area contributed by atoms with E-state index in [1.54, 1.807) is 0 Å². The fraction of sp³-hybridized carbons (Fsp3) is 0.941. The van der Waals surface area contributed by atoms with E-state index in [1.807, 2.05) is 27.7 Å². The average molecular weight is 297 g/mol. The summed E-state index contributed by atoms with van der Waals surface area (Å²) in [5.74, 6) is 1.63. The lowest BCUT2D eigenvalue weighted by Crippen LogP contribution is -2.53. The van der Waals surface area contributed by atoms with E-state index in [9.17, 15) is 4.79 Å². The lowest BCUT2D eigenvalue weighted by molar-refractivity contribution is -0.127. The lowest BCUT2D eigenvalue weighted by atomic mass is 9.95. The molecule has 0 aromatic carbocycles. The fourth-order valence-electron chi connectivity index (χ4n) is 2.76. The van der Waals surface area contributed by atoms with Crippen molar-refractivity contribution < 1.29 is 4.79 Å². The maximum Gasteiger partial charge on any atom is 0.237 e. The first-order valence-corrected chi connectivity index (χ1v) is 8.46. The number of carbonyl (C=O) groups is 1. The van der Waals surface area contributed by atoms with Crippen LogP contribution >= 0.6 is 0 Å². The molecule has 1 aliphatic heterocycles. The first-order chi connectivity index (χ1) is 9.69. The maximum atomic E-state index is 12.2. The standard InChI is InChI=1S/C17H35N3O/c1-13(2)11-18-12-15-7-9-20(10-8-15)14(3)16(21)19-17(4,5)6/h13-15,18H,7-12H2,1-6H3,(H,19,21). The summed E-state index contributed by atoms with van der Waals surface area (Å²) in [6.45, 7) is 16.9. The molecule has 1 unspecified atom stereocenters. The van der Waals surface area contributed by atoms with Crippen molar-refractivity contribution in [1.29, 1.82) is 0 Å². The summed E-state index contributed by atoms with van der Waals surface area (Å²) in [4.78, 5) is 14.5. The second kappa shape index (κ2) is 8.14. The van der Waals surface area contributed by atoms with Crippen LogP contribution in [0, 0.1) is 11.8 Å². The van der Waals surface area contributed by atoms with E-state index in [2.05, 4.69) is 29.4 Å². The predicted octanol–water partition coefficient (Wildman–Crippen LogP) is 2.25. The molecule has 21 heavy (non-hydrogen) atoms. The smallest absolute Gasteiger partial charge is 0.237 e. The zero-order valence-electron chi connectivity index (χ0n) is 14.8. The van der Waals surface area contributed by atoms with Crippen LogP contribution in [0.25, 0.3) is 0 Å². The zero-order valence-corrected chi connectivity index (χ0v) is 14.8. The van der Waals surface area contributed by atoms with Gasteiger partial charge in [0.15, 0.2) is 0 Å². The number of carbonyl (C=O) groups excluding carboxylic acids is 1. The van der Waals surface area contributed by atoms with Crippen molar-refractivity contribution in [2.45, 2.75) is 66.0 Å². The van der Waals surface area contributed by atoms with Gasteiger partial charge in [0.1, 0.15) is 0 Å². The minimum Gasteiger partial charge on any atom is -0.350 e. The molecule has 0 aromatic rings. The highest BCUT2D eigenvalue weighted by Gasteiger charge is 2.28. The molecule has 1 heterocycles. The highest BCUT2D eigenvalue weighted by atomic mass is 16.2. The molecule has 0 spiro atoms. The quantitative estimate of drug-likeness (QED) is 0.790. The van der Waals surface area contributed by atoms with Gasteiger partial charge in [-0.05, 0) is 78.6 Å². The molecule has 0 aliphatic carbocycles. The highest BCUT2D eigenvalue weighted by molar-refractivity contribution is 5.81. The second-order valence-corrected chi connectivity index (χ2v) is 7.95. The molecule has 0 aromatic heterocycles. The Morgan fingerprint density at radius 3 is 2.24 bits per heavy atom. The van der Waals surface area contributed by atoms with Gasteiger partial charge in [0.25, 0.3) is 0 Å².